The highest BCUT2D eigenvalue weighted by molar-refractivity contribution is 5.72. The normalized spacial score (nSPS) is 16.3. The Labute approximate surface area is 135 Å². The number of hydrogen-bond acceptors (Lipinski definition) is 3. The summed E-state index contributed by atoms with van der Waals surface area (Å²) in [6, 6.07) is 10.1. The van der Waals surface area contributed by atoms with Crippen LogP contribution in [0.1, 0.15) is 23.6 Å². The largest absolute Gasteiger partial charge is 0.493 e. The third-order valence-corrected chi connectivity index (χ3v) is 4.24. The van der Waals surface area contributed by atoms with E-state index in [0.29, 0.717) is 13.2 Å². The predicted octanol–water partition coefficient (Wildman–Crippen LogP) is 3.53. The molecule has 0 unspecified atom stereocenters. The van der Waals surface area contributed by atoms with Gasteiger partial charge in [0, 0.05) is 42.5 Å². The van der Waals surface area contributed by atoms with Crippen molar-refractivity contribution in [2.75, 3.05) is 20.2 Å². The minimum absolute atomic E-state index is 0.151. The highest BCUT2D eigenvalue weighted by Gasteiger charge is 2.26. The zero-order valence-electron chi connectivity index (χ0n) is 13.3. The molecule has 0 saturated heterocycles. The van der Waals surface area contributed by atoms with Crippen LogP contribution in [0.3, 0.4) is 0 Å². The molecule has 5 heteroatoms. The number of fused-ring (bicyclic) bond motifs is 1. The minimum atomic E-state index is -0.906. The number of hydrogen-bond donors (Lipinski definition) is 1. The summed E-state index contributed by atoms with van der Waals surface area (Å²) in [5.74, 6) is 1.01. The molecule has 0 fully saturated rings. The van der Waals surface area contributed by atoms with E-state index in [2.05, 4.69) is 4.98 Å². The number of aromatic nitrogens is 1. The number of benzene rings is 1. The number of likely N-dealkylation sites (N-methyl/N-ethyl adjacent to an activating group) is 1. The van der Waals surface area contributed by atoms with Gasteiger partial charge in [-0.2, -0.15) is 0 Å². The fourth-order valence-corrected chi connectivity index (χ4v) is 2.95. The first kappa shape index (κ1) is 15.3. The van der Waals surface area contributed by atoms with Gasteiger partial charge < -0.3 is 14.7 Å². The molecule has 0 radical (unpaired) electrons. The second kappa shape index (κ2) is 6.28. The molecule has 1 aromatic heterocycles. The van der Waals surface area contributed by atoms with Crippen LogP contribution in [0, 0.1) is 6.92 Å². The smallest absolute Gasteiger partial charge is 0.407 e. The van der Waals surface area contributed by atoms with Crippen LogP contribution < -0.4 is 4.74 Å². The molecule has 2 heterocycles. The molecule has 1 amide bonds. The van der Waals surface area contributed by atoms with E-state index in [1.807, 2.05) is 43.5 Å². The van der Waals surface area contributed by atoms with Crippen LogP contribution >= 0.6 is 0 Å². The van der Waals surface area contributed by atoms with Gasteiger partial charge in [0.15, 0.2) is 0 Å². The summed E-state index contributed by atoms with van der Waals surface area (Å²) in [6.45, 7) is 3.03. The van der Waals surface area contributed by atoms with E-state index in [9.17, 15) is 4.79 Å². The van der Waals surface area contributed by atoms with Crippen molar-refractivity contribution in [2.24, 2.45) is 0 Å². The quantitative estimate of drug-likeness (QED) is 0.941. The van der Waals surface area contributed by atoms with Gasteiger partial charge in [0.05, 0.1) is 6.61 Å². The van der Waals surface area contributed by atoms with E-state index in [-0.39, 0.29) is 5.92 Å². The Morgan fingerprint density at radius 3 is 2.91 bits per heavy atom. The first-order valence-electron chi connectivity index (χ1n) is 7.69. The predicted molar refractivity (Wildman–Crippen MR) is 87.9 cm³/mol. The molecule has 2 aromatic rings. The Balaban J connectivity index is 1.97. The fraction of sp³-hybridized carbons (Fsp3) is 0.333. The Hall–Kier alpha value is -2.56. The van der Waals surface area contributed by atoms with E-state index in [1.165, 1.54) is 4.90 Å². The lowest BCUT2D eigenvalue weighted by atomic mass is 9.89. The van der Waals surface area contributed by atoms with Crippen LogP contribution in [0.25, 0.3) is 11.1 Å². The first-order valence-corrected chi connectivity index (χ1v) is 7.69. The molecule has 120 valence electrons. The molecule has 1 aliphatic rings. The molecule has 1 aromatic carbocycles. The maximum atomic E-state index is 11.1. The zero-order valence-corrected chi connectivity index (χ0v) is 13.3. The van der Waals surface area contributed by atoms with E-state index in [4.69, 9.17) is 9.84 Å². The van der Waals surface area contributed by atoms with Gasteiger partial charge in [0.2, 0.25) is 0 Å². The summed E-state index contributed by atoms with van der Waals surface area (Å²) in [5, 5.41) is 9.11. The Bertz CT molecular complexity index is 713. The van der Waals surface area contributed by atoms with Crippen molar-refractivity contribution in [1.29, 1.82) is 0 Å². The first-order chi connectivity index (χ1) is 11.1. The third kappa shape index (κ3) is 3.13. The average Bonchev–Trinajstić information content (AvgIpc) is 2.55. The topological polar surface area (TPSA) is 62.7 Å². The molecule has 0 aliphatic carbocycles. The maximum absolute atomic E-state index is 11.1. The standard InChI is InChI=1S/C18H20N2O3/c1-12-6-7-13(10-19-12)15-4-3-5-16-14(8-9-23-17(15)16)11-20(2)18(21)22/h3-7,10,14H,8-9,11H2,1-2H3,(H,21,22)/t14-/m0/s1. The Morgan fingerprint density at radius 1 is 1.39 bits per heavy atom. The molecule has 1 atom stereocenters. The number of aryl methyl sites for hydroxylation is 1. The molecule has 5 nitrogen and oxygen atoms in total. The van der Waals surface area contributed by atoms with Gasteiger partial charge in [-0.25, -0.2) is 4.79 Å². The summed E-state index contributed by atoms with van der Waals surface area (Å²) in [5.41, 5.74) is 4.07. The summed E-state index contributed by atoms with van der Waals surface area (Å²) in [4.78, 5) is 16.8. The van der Waals surface area contributed by atoms with Crippen molar-refractivity contribution < 1.29 is 14.6 Å². The fourth-order valence-electron chi connectivity index (χ4n) is 2.95. The second-order valence-electron chi connectivity index (χ2n) is 5.91. The number of ether oxygens (including phenoxy) is 1. The van der Waals surface area contributed by atoms with Gasteiger partial charge in [-0.1, -0.05) is 24.3 Å². The van der Waals surface area contributed by atoms with Crippen molar-refractivity contribution in [2.45, 2.75) is 19.3 Å². The number of carbonyl (C=O) groups is 1. The van der Waals surface area contributed by atoms with Gasteiger partial charge in [-0.05, 0) is 25.0 Å². The van der Waals surface area contributed by atoms with Crippen LogP contribution in [-0.2, 0) is 0 Å². The Kier molecular flexibility index (Phi) is 4.19. The van der Waals surface area contributed by atoms with Crippen molar-refractivity contribution in [3.05, 3.63) is 47.8 Å². The maximum Gasteiger partial charge on any atom is 0.407 e. The Morgan fingerprint density at radius 2 is 2.22 bits per heavy atom. The lowest BCUT2D eigenvalue weighted by Gasteiger charge is -2.30. The van der Waals surface area contributed by atoms with Crippen molar-refractivity contribution in [1.82, 2.24) is 9.88 Å². The molecule has 0 saturated carbocycles. The molecule has 1 aliphatic heterocycles. The lowest BCUT2D eigenvalue weighted by molar-refractivity contribution is 0.149. The highest BCUT2D eigenvalue weighted by Crippen LogP contribution is 2.41. The molecule has 0 spiro atoms. The average molecular weight is 312 g/mol. The molecular formula is C18H20N2O3. The molecule has 3 rings (SSSR count). The summed E-state index contributed by atoms with van der Waals surface area (Å²) < 4.78 is 5.92. The lowest BCUT2D eigenvalue weighted by Crippen LogP contribution is -2.31. The van der Waals surface area contributed by atoms with Crippen LogP contribution in [0.5, 0.6) is 5.75 Å². The minimum Gasteiger partial charge on any atom is -0.493 e. The van der Waals surface area contributed by atoms with Gasteiger partial charge in [-0.3, -0.25) is 4.98 Å². The van der Waals surface area contributed by atoms with E-state index < -0.39 is 6.09 Å². The van der Waals surface area contributed by atoms with Crippen molar-refractivity contribution in [3.8, 4) is 16.9 Å². The van der Waals surface area contributed by atoms with Crippen molar-refractivity contribution in [3.63, 3.8) is 0 Å². The molecule has 1 N–H and O–H groups in total. The molecule has 23 heavy (non-hydrogen) atoms. The number of amides is 1. The number of rotatable bonds is 3. The summed E-state index contributed by atoms with van der Waals surface area (Å²) >= 11 is 0. The number of carboxylic acid groups (broad SMARTS) is 1. The molecule has 0 bridgehead atoms. The van der Waals surface area contributed by atoms with Gasteiger partial charge in [-0.15, -0.1) is 0 Å². The van der Waals surface area contributed by atoms with E-state index in [1.54, 1.807) is 7.05 Å². The van der Waals surface area contributed by atoms with Crippen LogP contribution in [-0.4, -0.2) is 41.3 Å². The zero-order chi connectivity index (χ0) is 16.4. The molecular weight excluding hydrogens is 292 g/mol. The number of para-hydroxylation sites is 1. The highest BCUT2D eigenvalue weighted by atomic mass is 16.5. The summed E-state index contributed by atoms with van der Waals surface area (Å²) in [6.07, 6.45) is 1.76. The number of nitrogens with zero attached hydrogens (tertiary/aromatic N) is 2. The summed E-state index contributed by atoms with van der Waals surface area (Å²) in [7, 11) is 1.60. The monoisotopic (exact) mass is 312 g/mol. The second-order valence-corrected chi connectivity index (χ2v) is 5.91. The van der Waals surface area contributed by atoms with Crippen LogP contribution in [0.2, 0.25) is 0 Å². The number of pyridine rings is 1. The van der Waals surface area contributed by atoms with Gasteiger partial charge in [0.25, 0.3) is 0 Å². The SMILES string of the molecule is Cc1ccc(-c2cccc3c2OCC[C@H]3CN(C)C(=O)O)cn1. The van der Waals surface area contributed by atoms with E-state index >= 15 is 0 Å². The van der Waals surface area contributed by atoms with Gasteiger partial charge >= 0.3 is 6.09 Å². The van der Waals surface area contributed by atoms with Crippen molar-refractivity contribution >= 4 is 6.09 Å². The van der Waals surface area contributed by atoms with Crippen LogP contribution in [0.15, 0.2) is 36.5 Å². The third-order valence-electron chi connectivity index (χ3n) is 4.24. The van der Waals surface area contributed by atoms with E-state index in [0.717, 1.165) is 34.6 Å². The van der Waals surface area contributed by atoms with Gasteiger partial charge in [0.1, 0.15) is 5.75 Å². The van der Waals surface area contributed by atoms with Crippen LogP contribution in [0.4, 0.5) is 4.79 Å².